The number of aryl methyl sites for hydroxylation is 2. The van der Waals surface area contributed by atoms with Gasteiger partial charge in [-0.3, -0.25) is 0 Å². The molecule has 1 nitrogen and oxygen atoms in total. The third kappa shape index (κ3) is 0.897. The summed E-state index contributed by atoms with van der Waals surface area (Å²) in [7, 11) is 0. The quantitative estimate of drug-likeness (QED) is 0.612. The number of rotatable bonds is 1. The number of hydrogen-bond acceptors (Lipinski definition) is 1. The summed E-state index contributed by atoms with van der Waals surface area (Å²) in [5.74, 6) is 0. The molecule has 11 heavy (non-hydrogen) atoms. The predicted octanol–water partition coefficient (Wildman–Crippen LogP) is 3.03. The van der Waals surface area contributed by atoms with E-state index in [-0.39, 0.29) is 0 Å². The zero-order chi connectivity index (χ0) is 7.84. The van der Waals surface area contributed by atoms with Crippen molar-refractivity contribution in [3.05, 3.63) is 23.2 Å². The van der Waals surface area contributed by atoms with E-state index in [9.17, 15) is 0 Å². The standard InChI is InChI=1S/C9H11NS/c1-3-10-5-4-8-7(2)6-11-9(8)10/h4-6H,3H2,1-2H3. The maximum atomic E-state index is 2.28. The SMILES string of the molecule is CCn1ccc2c(C)csc21. The maximum Gasteiger partial charge on any atom is 0.103 e. The molecule has 0 aliphatic heterocycles. The van der Waals surface area contributed by atoms with Crippen molar-refractivity contribution in [2.45, 2.75) is 20.4 Å². The van der Waals surface area contributed by atoms with Crippen LogP contribution in [0.25, 0.3) is 10.2 Å². The molecule has 0 atom stereocenters. The van der Waals surface area contributed by atoms with Gasteiger partial charge in [-0.25, -0.2) is 0 Å². The van der Waals surface area contributed by atoms with Crippen molar-refractivity contribution in [2.24, 2.45) is 0 Å². The average Bonchev–Trinajstić information content (AvgIpc) is 2.53. The molecule has 0 bridgehead atoms. The molecular weight excluding hydrogens is 154 g/mol. The van der Waals surface area contributed by atoms with Crippen molar-refractivity contribution in [1.29, 1.82) is 0 Å². The van der Waals surface area contributed by atoms with Crippen molar-refractivity contribution < 1.29 is 0 Å². The summed E-state index contributed by atoms with van der Waals surface area (Å²) < 4.78 is 2.28. The molecule has 2 heteroatoms. The first-order chi connectivity index (χ1) is 5.33. The van der Waals surface area contributed by atoms with Gasteiger partial charge in [0, 0.05) is 18.1 Å². The van der Waals surface area contributed by atoms with E-state index in [1.54, 1.807) is 0 Å². The van der Waals surface area contributed by atoms with E-state index < -0.39 is 0 Å². The van der Waals surface area contributed by atoms with Crippen LogP contribution < -0.4 is 0 Å². The number of nitrogens with zero attached hydrogens (tertiary/aromatic N) is 1. The normalized spacial score (nSPS) is 11.1. The Labute approximate surface area is 70.3 Å². The lowest BCUT2D eigenvalue weighted by Crippen LogP contribution is -1.87. The zero-order valence-electron chi connectivity index (χ0n) is 6.79. The van der Waals surface area contributed by atoms with E-state index in [1.807, 2.05) is 11.3 Å². The van der Waals surface area contributed by atoms with Crippen molar-refractivity contribution in [3.8, 4) is 0 Å². The molecule has 0 radical (unpaired) electrons. The third-order valence-electron chi connectivity index (χ3n) is 2.03. The van der Waals surface area contributed by atoms with E-state index >= 15 is 0 Å². The summed E-state index contributed by atoms with van der Waals surface area (Å²) in [5, 5.41) is 3.63. The molecule has 0 amide bonds. The first kappa shape index (κ1) is 6.92. The van der Waals surface area contributed by atoms with Gasteiger partial charge in [0.1, 0.15) is 4.83 Å². The van der Waals surface area contributed by atoms with Gasteiger partial charge in [0.05, 0.1) is 0 Å². The number of fused-ring (bicyclic) bond motifs is 1. The lowest BCUT2D eigenvalue weighted by molar-refractivity contribution is 0.803. The van der Waals surface area contributed by atoms with Crippen molar-refractivity contribution >= 4 is 21.6 Å². The summed E-state index contributed by atoms with van der Waals surface area (Å²) in [5.41, 5.74) is 1.40. The Bertz CT molecular complexity index is 370. The van der Waals surface area contributed by atoms with E-state index in [0.29, 0.717) is 0 Å². The minimum atomic E-state index is 1.07. The van der Waals surface area contributed by atoms with Crippen LogP contribution >= 0.6 is 11.3 Å². The lowest BCUT2D eigenvalue weighted by Gasteiger charge is -1.94. The van der Waals surface area contributed by atoms with Crippen LogP contribution in [0.15, 0.2) is 17.6 Å². The van der Waals surface area contributed by atoms with E-state index in [4.69, 9.17) is 0 Å². The fourth-order valence-electron chi connectivity index (χ4n) is 1.35. The second-order valence-corrected chi connectivity index (χ2v) is 3.60. The Kier molecular flexibility index (Phi) is 1.50. The number of thiophene rings is 1. The van der Waals surface area contributed by atoms with Gasteiger partial charge < -0.3 is 4.57 Å². The maximum absolute atomic E-state index is 2.28. The van der Waals surface area contributed by atoms with Gasteiger partial charge in [0.25, 0.3) is 0 Å². The Balaban J connectivity index is 2.77. The van der Waals surface area contributed by atoms with E-state index in [1.165, 1.54) is 15.8 Å². The van der Waals surface area contributed by atoms with Crippen LogP contribution in [-0.4, -0.2) is 4.57 Å². The predicted molar refractivity (Wildman–Crippen MR) is 50.2 cm³/mol. The molecular formula is C9H11NS. The molecule has 0 spiro atoms. The Morgan fingerprint density at radius 1 is 1.55 bits per heavy atom. The highest BCUT2D eigenvalue weighted by Gasteiger charge is 2.02. The molecule has 2 aromatic heterocycles. The molecule has 0 fully saturated rings. The molecule has 0 unspecified atom stereocenters. The number of hydrogen-bond donors (Lipinski definition) is 0. The Hall–Kier alpha value is -0.760. The first-order valence-electron chi connectivity index (χ1n) is 3.86. The van der Waals surface area contributed by atoms with Gasteiger partial charge in [0.15, 0.2) is 0 Å². The minimum Gasteiger partial charge on any atom is -0.340 e. The Morgan fingerprint density at radius 3 is 3.09 bits per heavy atom. The van der Waals surface area contributed by atoms with Gasteiger partial charge in [-0.2, -0.15) is 0 Å². The van der Waals surface area contributed by atoms with Crippen LogP contribution in [0.5, 0.6) is 0 Å². The van der Waals surface area contributed by atoms with Crippen LogP contribution in [0.2, 0.25) is 0 Å². The fraction of sp³-hybridized carbons (Fsp3) is 0.333. The highest BCUT2D eigenvalue weighted by molar-refractivity contribution is 7.17. The van der Waals surface area contributed by atoms with Crippen molar-refractivity contribution in [3.63, 3.8) is 0 Å². The van der Waals surface area contributed by atoms with Crippen molar-refractivity contribution in [2.75, 3.05) is 0 Å². The van der Waals surface area contributed by atoms with Crippen LogP contribution in [0.4, 0.5) is 0 Å². The first-order valence-corrected chi connectivity index (χ1v) is 4.74. The minimum absolute atomic E-state index is 1.07. The van der Waals surface area contributed by atoms with Crippen LogP contribution in [0, 0.1) is 6.92 Å². The second-order valence-electron chi connectivity index (χ2n) is 2.74. The van der Waals surface area contributed by atoms with Crippen LogP contribution in [-0.2, 0) is 6.54 Å². The largest absolute Gasteiger partial charge is 0.340 e. The van der Waals surface area contributed by atoms with E-state index in [0.717, 1.165) is 6.54 Å². The van der Waals surface area contributed by atoms with Gasteiger partial charge in [-0.1, -0.05) is 0 Å². The Morgan fingerprint density at radius 2 is 2.36 bits per heavy atom. The molecule has 0 saturated carbocycles. The molecule has 0 aromatic carbocycles. The van der Waals surface area contributed by atoms with Gasteiger partial charge in [0.2, 0.25) is 0 Å². The van der Waals surface area contributed by atoms with Crippen LogP contribution in [0.1, 0.15) is 12.5 Å². The zero-order valence-corrected chi connectivity index (χ0v) is 7.61. The average molecular weight is 165 g/mol. The summed E-state index contributed by atoms with van der Waals surface area (Å²) >= 11 is 1.83. The molecule has 0 aliphatic carbocycles. The highest BCUT2D eigenvalue weighted by atomic mass is 32.1. The molecule has 58 valence electrons. The smallest absolute Gasteiger partial charge is 0.103 e. The summed E-state index contributed by atoms with van der Waals surface area (Å²) in [6.45, 7) is 5.41. The molecule has 2 rings (SSSR count). The summed E-state index contributed by atoms with van der Waals surface area (Å²) in [4.78, 5) is 1.41. The molecule has 2 heterocycles. The van der Waals surface area contributed by atoms with Gasteiger partial charge >= 0.3 is 0 Å². The molecule has 0 saturated heterocycles. The highest BCUT2D eigenvalue weighted by Crippen LogP contribution is 2.25. The monoisotopic (exact) mass is 165 g/mol. The van der Waals surface area contributed by atoms with E-state index in [2.05, 4.69) is 36.1 Å². The molecule has 2 aromatic rings. The second kappa shape index (κ2) is 2.38. The summed E-state index contributed by atoms with van der Waals surface area (Å²) in [6, 6.07) is 2.20. The lowest BCUT2D eigenvalue weighted by atomic mass is 10.3. The van der Waals surface area contributed by atoms with Gasteiger partial charge in [-0.15, -0.1) is 11.3 Å². The third-order valence-corrected chi connectivity index (χ3v) is 3.17. The topological polar surface area (TPSA) is 4.93 Å². The molecule has 0 aliphatic rings. The van der Waals surface area contributed by atoms with Crippen molar-refractivity contribution in [1.82, 2.24) is 4.57 Å². The summed E-state index contributed by atoms with van der Waals surface area (Å²) in [6.07, 6.45) is 2.16. The fourth-order valence-corrected chi connectivity index (χ4v) is 2.44. The number of aromatic nitrogens is 1. The molecule has 0 N–H and O–H groups in total. The van der Waals surface area contributed by atoms with Gasteiger partial charge in [-0.05, 0) is 30.9 Å². The van der Waals surface area contributed by atoms with Crippen LogP contribution in [0.3, 0.4) is 0 Å².